The molecule has 2 bridgehead atoms. The van der Waals surface area contributed by atoms with Crippen LogP contribution in [-0.2, 0) is 22.6 Å². The molecule has 13 heteroatoms. The van der Waals surface area contributed by atoms with Crippen molar-refractivity contribution in [2.45, 2.75) is 51.3 Å². The molecule has 2 amide bonds. The zero-order valence-electron chi connectivity index (χ0n) is 24.0. The molecule has 1 aromatic heterocycles. The van der Waals surface area contributed by atoms with E-state index in [1.807, 2.05) is 19.9 Å². The Kier molecular flexibility index (Phi) is 8.47. The molecule has 2 aliphatic rings. The van der Waals surface area contributed by atoms with Crippen LogP contribution in [0.2, 0.25) is 0 Å². The number of fused-ring (bicyclic) bond motifs is 4. The molecule has 0 aliphatic carbocycles. The number of methoxy groups -OCH3 is 2. The van der Waals surface area contributed by atoms with Gasteiger partial charge in [0.25, 0.3) is 11.8 Å². The minimum absolute atomic E-state index is 0.0834. The van der Waals surface area contributed by atoms with E-state index in [-0.39, 0.29) is 24.7 Å². The first-order valence-corrected chi connectivity index (χ1v) is 13.6. The van der Waals surface area contributed by atoms with Crippen molar-refractivity contribution in [3.05, 3.63) is 98.7 Å². The second kappa shape index (κ2) is 12.1. The van der Waals surface area contributed by atoms with Gasteiger partial charge in [-0.15, -0.1) is 0 Å². The number of pyridine rings is 1. The van der Waals surface area contributed by atoms with Crippen molar-refractivity contribution in [2.24, 2.45) is 0 Å². The molecule has 0 unspecified atom stereocenters. The smallest absolute Gasteiger partial charge is 0.278 e. The van der Waals surface area contributed by atoms with Gasteiger partial charge in [0.15, 0.2) is 11.4 Å². The van der Waals surface area contributed by atoms with Gasteiger partial charge in [0, 0.05) is 44.7 Å². The molecule has 1 N–H and O–H groups in total. The Morgan fingerprint density at radius 2 is 1.60 bits per heavy atom. The van der Waals surface area contributed by atoms with E-state index in [4.69, 9.17) is 14.2 Å². The van der Waals surface area contributed by atoms with Gasteiger partial charge in [0.1, 0.15) is 48.5 Å². The highest BCUT2D eigenvalue weighted by Crippen LogP contribution is 2.32. The van der Waals surface area contributed by atoms with Crippen LogP contribution in [0.3, 0.4) is 0 Å². The predicted octanol–water partition coefficient (Wildman–Crippen LogP) is 2.95. The maximum absolute atomic E-state index is 14.2. The largest absolute Gasteiger partial charge is 0.482 e. The van der Waals surface area contributed by atoms with E-state index in [9.17, 15) is 27.6 Å². The fourth-order valence-electron chi connectivity index (χ4n) is 5.63. The van der Waals surface area contributed by atoms with Gasteiger partial charge in [-0.25, -0.2) is 13.2 Å². The Morgan fingerprint density at radius 1 is 0.977 bits per heavy atom. The van der Waals surface area contributed by atoms with E-state index < -0.39 is 76.7 Å². The van der Waals surface area contributed by atoms with E-state index >= 15 is 0 Å². The highest BCUT2D eigenvalue weighted by Gasteiger charge is 2.48. The van der Waals surface area contributed by atoms with Crippen molar-refractivity contribution >= 4 is 11.8 Å². The number of hydrogen-bond donors (Lipinski definition) is 1. The summed E-state index contributed by atoms with van der Waals surface area (Å²) in [6.07, 6.45) is 0.168. The minimum atomic E-state index is -1.19. The van der Waals surface area contributed by atoms with E-state index in [1.165, 1.54) is 25.1 Å². The second-order valence-electron chi connectivity index (χ2n) is 10.4. The van der Waals surface area contributed by atoms with Crippen molar-refractivity contribution in [1.82, 2.24) is 14.9 Å². The predicted molar refractivity (Wildman–Crippen MR) is 149 cm³/mol. The van der Waals surface area contributed by atoms with Crippen molar-refractivity contribution in [3.63, 3.8) is 0 Å². The number of hydrogen-bond acceptors (Lipinski definition) is 7. The molecular formula is C30H31F3N4O6. The topological polar surface area (TPSA) is 102 Å². The van der Waals surface area contributed by atoms with Crippen LogP contribution in [0, 0.1) is 17.5 Å². The molecule has 43 heavy (non-hydrogen) atoms. The Balaban J connectivity index is 1.60. The highest BCUT2D eigenvalue weighted by atomic mass is 19.1. The van der Waals surface area contributed by atoms with Crippen molar-refractivity contribution in [1.29, 1.82) is 0 Å². The number of nitrogens with one attached hydrogen (secondary N) is 1. The summed E-state index contributed by atoms with van der Waals surface area (Å²) in [5.41, 5.74) is -1.29. The quantitative estimate of drug-likeness (QED) is 0.424. The van der Waals surface area contributed by atoms with Crippen LogP contribution >= 0.6 is 0 Å². The first-order chi connectivity index (χ1) is 20.6. The summed E-state index contributed by atoms with van der Waals surface area (Å²) >= 11 is 0. The third-order valence-corrected chi connectivity index (χ3v) is 7.97. The maximum Gasteiger partial charge on any atom is 0.278 e. The Morgan fingerprint density at radius 3 is 2.23 bits per heavy atom. The Bertz CT molecular complexity index is 1580. The van der Waals surface area contributed by atoms with Gasteiger partial charge in [0.05, 0.1) is 12.1 Å². The fourth-order valence-corrected chi connectivity index (χ4v) is 5.63. The molecule has 1 fully saturated rings. The standard InChI is InChI=1S/C30H31F3N4O6/c1-16-26(41-3)27(42-4)17(2)37-15-35(16)30(40)24-28(43-14-18-8-6-5-7-9-18)25(38)21(13-36(24)37)29(39)34-12-20-22(32)10-19(31)11-23(20)33/h5-11,13,16-17,26-27H,12,14-15H2,1-4H3,(H,34,39)/t16-,17+,26+,27-/m0/s1. The lowest BCUT2D eigenvalue weighted by atomic mass is 10.0. The molecule has 10 nitrogen and oxygen atoms in total. The van der Waals surface area contributed by atoms with Crippen LogP contribution in [0.25, 0.3) is 0 Å². The maximum atomic E-state index is 14.2. The number of ether oxygens (including phenoxy) is 3. The zero-order valence-corrected chi connectivity index (χ0v) is 24.0. The molecule has 3 aromatic rings. The van der Waals surface area contributed by atoms with Gasteiger partial charge in [-0.3, -0.25) is 24.1 Å². The average molecular weight is 601 g/mol. The van der Waals surface area contributed by atoms with Crippen LogP contribution < -0.4 is 20.5 Å². The molecule has 1 saturated heterocycles. The van der Waals surface area contributed by atoms with Crippen LogP contribution in [-0.4, -0.2) is 66.6 Å². The zero-order chi connectivity index (χ0) is 31.0. The van der Waals surface area contributed by atoms with Crippen molar-refractivity contribution < 1.29 is 37.0 Å². The van der Waals surface area contributed by atoms with Gasteiger partial charge in [-0.2, -0.15) is 0 Å². The summed E-state index contributed by atoms with van der Waals surface area (Å²) in [5, 5.41) is 4.09. The normalized spacial score (nSPS) is 21.3. The summed E-state index contributed by atoms with van der Waals surface area (Å²) in [5.74, 6) is -5.34. The van der Waals surface area contributed by atoms with Crippen LogP contribution in [0.1, 0.15) is 45.8 Å². The molecule has 228 valence electrons. The van der Waals surface area contributed by atoms with Crippen LogP contribution in [0.5, 0.6) is 5.75 Å². The molecule has 0 radical (unpaired) electrons. The number of halogens is 3. The number of carbonyl (C=O) groups excluding carboxylic acids is 2. The molecule has 2 aromatic carbocycles. The SMILES string of the molecule is CO[C@@H]1[C@H](OC)[C@H](C)N2CN([C@@H]1C)n1cc(C(=O)NCc3c(F)cc(F)cc3F)c(=O)c(OCc3ccccc3)c1C2=O. The van der Waals surface area contributed by atoms with Gasteiger partial charge < -0.3 is 24.4 Å². The molecule has 0 saturated carbocycles. The summed E-state index contributed by atoms with van der Waals surface area (Å²) < 4.78 is 60.7. The lowest BCUT2D eigenvalue weighted by molar-refractivity contribution is -0.0649. The second-order valence-corrected chi connectivity index (χ2v) is 10.4. The Labute approximate surface area is 245 Å². The van der Waals surface area contributed by atoms with Crippen LogP contribution in [0.4, 0.5) is 13.2 Å². The first kappa shape index (κ1) is 30.1. The summed E-state index contributed by atoms with van der Waals surface area (Å²) in [6.45, 7) is 3.02. The van der Waals surface area contributed by atoms with E-state index in [1.54, 1.807) is 34.2 Å². The van der Waals surface area contributed by atoms with Crippen LogP contribution in [0.15, 0.2) is 53.5 Å². The number of aromatic nitrogens is 1. The number of benzene rings is 2. The lowest BCUT2D eigenvalue weighted by Gasteiger charge is -2.42. The summed E-state index contributed by atoms with van der Waals surface area (Å²) in [4.78, 5) is 42.7. The van der Waals surface area contributed by atoms with E-state index in [0.29, 0.717) is 17.7 Å². The molecule has 2 aliphatic heterocycles. The third-order valence-electron chi connectivity index (χ3n) is 7.97. The van der Waals surface area contributed by atoms with Gasteiger partial charge in [-0.1, -0.05) is 30.3 Å². The minimum Gasteiger partial charge on any atom is -0.482 e. The van der Waals surface area contributed by atoms with Gasteiger partial charge >= 0.3 is 0 Å². The summed E-state index contributed by atoms with van der Waals surface area (Å²) in [7, 11) is 3.05. The summed E-state index contributed by atoms with van der Waals surface area (Å²) in [6, 6.07) is 9.05. The fraction of sp³-hybridized carbons (Fsp3) is 0.367. The highest BCUT2D eigenvalue weighted by molar-refractivity contribution is 5.99. The van der Waals surface area contributed by atoms with Crippen molar-refractivity contribution in [3.8, 4) is 5.75 Å². The number of rotatable bonds is 8. The Hall–Kier alpha value is -4.36. The van der Waals surface area contributed by atoms with E-state index in [2.05, 4.69) is 5.32 Å². The lowest BCUT2D eigenvalue weighted by Crippen LogP contribution is -2.58. The average Bonchev–Trinajstić information content (AvgIpc) is 3.07. The van der Waals surface area contributed by atoms with E-state index in [0.717, 1.165) is 0 Å². The molecular weight excluding hydrogens is 569 g/mol. The van der Waals surface area contributed by atoms with Crippen molar-refractivity contribution in [2.75, 3.05) is 25.9 Å². The van der Waals surface area contributed by atoms with Gasteiger partial charge in [0.2, 0.25) is 5.43 Å². The number of nitrogens with zero attached hydrogens (tertiary/aromatic N) is 3. The third kappa shape index (κ3) is 5.45. The molecule has 3 heterocycles. The van der Waals surface area contributed by atoms with Gasteiger partial charge in [-0.05, 0) is 19.4 Å². The number of carbonyl (C=O) groups is 2. The first-order valence-electron chi connectivity index (χ1n) is 13.6. The number of amides is 2. The molecule has 4 atom stereocenters. The monoisotopic (exact) mass is 600 g/mol. The molecule has 0 spiro atoms. The molecule has 5 rings (SSSR count).